The van der Waals surface area contributed by atoms with Crippen molar-refractivity contribution in [3.8, 4) is 17.6 Å². The molecule has 0 saturated carbocycles. The average Bonchev–Trinajstić information content (AvgIpc) is 2.66. The van der Waals surface area contributed by atoms with Gasteiger partial charge in [0.25, 0.3) is 0 Å². The van der Waals surface area contributed by atoms with Gasteiger partial charge in [-0.3, -0.25) is 5.41 Å². The van der Waals surface area contributed by atoms with Crippen molar-refractivity contribution in [2.75, 3.05) is 0 Å². The Morgan fingerprint density at radius 3 is 2.45 bits per heavy atom. The van der Waals surface area contributed by atoms with Gasteiger partial charge in [-0.25, -0.2) is 4.79 Å². The molecule has 0 saturated heterocycles. The molecule has 0 aliphatic carbocycles. The minimum absolute atomic E-state index is 0.0377. The molecule has 0 fully saturated rings. The van der Waals surface area contributed by atoms with Crippen LogP contribution in [-0.2, 0) is 0 Å². The Labute approximate surface area is 161 Å². The van der Waals surface area contributed by atoms with E-state index in [2.05, 4.69) is 4.74 Å². The Balaban J connectivity index is 1.89. The van der Waals surface area contributed by atoms with E-state index in [1.54, 1.807) is 24.3 Å². The van der Waals surface area contributed by atoms with Crippen LogP contribution in [0.25, 0.3) is 11.0 Å². The number of nitrogens with zero attached hydrogens (tertiary/aromatic N) is 1. The van der Waals surface area contributed by atoms with Gasteiger partial charge >= 0.3 is 12.0 Å². The third-order valence-electron chi connectivity index (χ3n) is 4.55. The number of nitrogens with one attached hydrogen (secondary N) is 1. The molecule has 4 rings (SSSR count). The van der Waals surface area contributed by atoms with Gasteiger partial charge in [-0.05, 0) is 29.8 Å². The van der Waals surface area contributed by atoms with E-state index in [-0.39, 0.29) is 22.8 Å². The first-order valence-corrected chi connectivity index (χ1v) is 8.36. The van der Waals surface area contributed by atoms with Crippen LogP contribution in [0.1, 0.15) is 17.0 Å². The summed E-state index contributed by atoms with van der Waals surface area (Å²) in [6.07, 6.45) is -4.84. The van der Waals surface area contributed by atoms with Gasteiger partial charge in [0.15, 0.2) is 5.75 Å². The van der Waals surface area contributed by atoms with Crippen LogP contribution in [0, 0.1) is 22.7 Å². The molecule has 2 heterocycles. The van der Waals surface area contributed by atoms with Crippen LogP contribution in [0.4, 0.5) is 13.2 Å². The molecular weight excluding hydrogens is 389 g/mol. The number of alkyl halides is 3. The second-order valence-electron chi connectivity index (χ2n) is 6.30. The zero-order chi connectivity index (χ0) is 20.8. The lowest BCUT2D eigenvalue weighted by atomic mass is 9.79. The van der Waals surface area contributed by atoms with Crippen LogP contribution in [0.5, 0.6) is 11.5 Å². The van der Waals surface area contributed by atoms with Crippen molar-refractivity contribution in [1.29, 1.82) is 10.7 Å². The summed E-state index contributed by atoms with van der Waals surface area (Å²) in [4.78, 5) is 12.7. The fourth-order valence-corrected chi connectivity index (χ4v) is 3.37. The van der Waals surface area contributed by atoms with Crippen LogP contribution >= 0.6 is 0 Å². The van der Waals surface area contributed by atoms with Crippen molar-refractivity contribution in [2.24, 2.45) is 5.92 Å². The Bertz CT molecular complexity index is 1210. The normalized spacial score (nSPS) is 18.6. The summed E-state index contributed by atoms with van der Waals surface area (Å²) >= 11 is 0. The third kappa shape index (κ3) is 3.29. The maximum atomic E-state index is 12.7. The van der Waals surface area contributed by atoms with Crippen LogP contribution in [0.2, 0.25) is 0 Å². The molecule has 1 aromatic heterocycles. The molecule has 1 aliphatic rings. The zero-order valence-electron chi connectivity index (χ0n) is 14.5. The second kappa shape index (κ2) is 6.67. The Kier molecular flexibility index (Phi) is 4.27. The molecule has 0 amide bonds. The largest absolute Gasteiger partial charge is 0.573 e. The fraction of sp³-hybridized carbons (Fsp3) is 0.150. The van der Waals surface area contributed by atoms with E-state index in [9.17, 15) is 23.2 Å². The van der Waals surface area contributed by atoms with Crippen molar-refractivity contribution in [2.45, 2.75) is 12.3 Å². The standard InChI is InChI=1S/C20H11F3N2O4/c21-20(22,23)29-11-7-5-10(6-8-11)15-13(9-24)18(25)28-17-12-3-1-2-4-14(12)27-19(26)16(15)17/h1-8,13,15,25H. The lowest BCUT2D eigenvalue weighted by Crippen LogP contribution is -2.34. The zero-order valence-corrected chi connectivity index (χ0v) is 14.5. The van der Waals surface area contributed by atoms with Crippen LogP contribution in [-0.4, -0.2) is 12.3 Å². The molecule has 6 nitrogen and oxygen atoms in total. The summed E-state index contributed by atoms with van der Waals surface area (Å²) in [6, 6.07) is 13.3. The predicted octanol–water partition coefficient (Wildman–Crippen LogP) is 4.33. The van der Waals surface area contributed by atoms with Gasteiger partial charge in [0, 0.05) is 5.92 Å². The number of nitriles is 1. The van der Waals surface area contributed by atoms with Gasteiger partial charge in [0.05, 0.1) is 17.0 Å². The summed E-state index contributed by atoms with van der Waals surface area (Å²) in [5.41, 5.74) is -0.0992. The van der Waals surface area contributed by atoms with E-state index in [0.717, 1.165) is 12.1 Å². The van der Waals surface area contributed by atoms with Crippen molar-refractivity contribution < 1.29 is 27.1 Å². The highest BCUT2D eigenvalue weighted by Gasteiger charge is 2.40. The summed E-state index contributed by atoms with van der Waals surface area (Å²) in [5.74, 6) is -2.80. The Hall–Kier alpha value is -3.80. The van der Waals surface area contributed by atoms with Crippen LogP contribution < -0.4 is 15.1 Å². The van der Waals surface area contributed by atoms with Gasteiger partial charge < -0.3 is 13.9 Å². The molecule has 3 aromatic rings. The van der Waals surface area contributed by atoms with Crippen molar-refractivity contribution in [3.63, 3.8) is 0 Å². The van der Waals surface area contributed by atoms with E-state index >= 15 is 0 Å². The van der Waals surface area contributed by atoms with Crippen molar-refractivity contribution in [1.82, 2.24) is 0 Å². The fourth-order valence-electron chi connectivity index (χ4n) is 3.37. The minimum Gasteiger partial charge on any atom is -0.441 e. The quantitative estimate of drug-likeness (QED) is 0.646. The molecule has 1 N–H and O–H groups in total. The topological polar surface area (TPSA) is 96.3 Å². The van der Waals surface area contributed by atoms with Crippen molar-refractivity contribution in [3.05, 3.63) is 70.1 Å². The highest BCUT2D eigenvalue weighted by molar-refractivity contribution is 5.93. The van der Waals surface area contributed by atoms with Gasteiger partial charge in [-0.15, -0.1) is 13.2 Å². The molecule has 2 atom stereocenters. The SMILES string of the molecule is N#CC1C(=N)Oc2c(c(=O)oc3ccccc23)C1c1ccc(OC(F)(F)F)cc1. The van der Waals surface area contributed by atoms with E-state index < -0.39 is 29.6 Å². The number of benzene rings is 2. The first kappa shape index (κ1) is 18.6. The van der Waals surface area contributed by atoms with E-state index in [4.69, 9.17) is 14.6 Å². The van der Waals surface area contributed by atoms with E-state index in [1.807, 2.05) is 6.07 Å². The number of rotatable bonds is 2. The number of hydrogen-bond acceptors (Lipinski definition) is 6. The van der Waals surface area contributed by atoms with Crippen molar-refractivity contribution >= 4 is 16.9 Å². The average molecular weight is 400 g/mol. The van der Waals surface area contributed by atoms with Crippen LogP contribution in [0.3, 0.4) is 0 Å². The molecular formula is C20H11F3N2O4. The molecule has 9 heteroatoms. The molecule has 0 bridgehead atoms. The summed E-state index contributed by atoms with van der Waals surface area (Å²) in [6.45, 7) is 0. The Morgan fingerprint density at radius 1 is 1.10 bits per heavy atom. The first-order valence-electron chi connectivity index (χ1n) is 8.36. The maximum Gasteiger partial charge on any atom is 0.573 e. The number of halogens is 3. The molecule has 2 unspecified atom stereocenters. The highest BCUT2D eigenvalue weighted by Crippen LogP contribution is 2.43. The van der Waals surface area contributed by atoms with Gasteiger partial charge in [0.1, 0.15) is 17.3 Å². The lowest BCUT2D eigenvalue weighted by molar-refractivity contribution is -0.274. The summed E-state index contributed by atoms with van der Waals surface area (Å²) in [5, 5.41) is 18.1. The first-order chi connectivity index (χ1) is 13.8. The van der Waals surface area contributed by atoms with Crippen LogP contribution in [0.15, 0.2) is 57.7 Å². The highest BCUT2D eigenvalue weighted by atomic mass is 19.4. The number of fused-ring (bicyclic) bond motifs is 3. The number of para-hydroxylation sites is 1. The second-order valence-corrected chi connectivity index (χ2v) is 6.30. The third-order valence-corrected chi connectivity index (χ3v) is 4.55. The van der Waals surface area contributed by atoms with Gasteiger partial charge in [-0.2, -0.15) is 5.26 Å². The molecule has 0 spiro atoms. The van der Waals surface area contributed by atoms with Gasteiger partial charge in [0.2, 0.25) is 5.90 Å². The van der Waals surface area contributed by atoms with Gasteiger partial charge in [-0.1, -0.05) is 24.3 Å². The molecule has 146 valence electrons. The number of ether oxygens (including phenoxy) is 2. The predicted molar refractivity (Wildman–Crippen MR) is 94.9 cm³/mol. The molecule has 29 heavy (non-hydrogen) atoms. The minimum atomic E-state index is -4.84. The monoisotopic (exact) mass is 400 g/mol. The lowest BCUT2D eigenvalue weighted by Gasteiger charge is -2.29. The smallest absolute Gasteiger partial charge is 0.441 e. The molecule has 1 aliphatic heterocycles. The maximum absolute atomic E-state index is 12.7. The number of hydrogen-bond donors (Lipinski definition) is 1. The molecule has 2 aromatic carbocycles. The summed E-state index contributed by atoms with van der Waals surface area (Å²) in [7, 11) is 0. The molecule has 0 radical (unpaired) electrons. The summed E-state index contributed by atoms with van der Waals surface area (Å²) < 4.78 is 51.9. The van der Waals surface area contributed by atoms with E-state index in [0.29, 0.717) is 10.9 Å². The van der Waals surface area contributed by atoms with E-state index in [1.165, 1.54) is 12.1 Å². The Morgan fingerprint density at radius 2 is 1.79 bits per heavy atom.